The molecule has 1 aliphatic carbocycles. The number of aliphatic hydroxyl groups is 1. The largest absolute Gasteiger partial charge is 0.508 e. The number of aliphatic hydroxyl groups excluding tert-OH is 1. The second-order valence-electron chi connectivity index (χ2n) is 8.41. The number of phenolic OH excluding ortho intramolecular Hbond substituents is 1. The lowest BCUT2D eigenvalue weighted by molar-refractivity contribution is -0.0160. The lowest BCUT2D eigenvalue weighted by Crippen LogP contribution is -2.56. The first-order valence-corrected chi connectivity index (χ1v) is 9.86. The van der Waals surface area contributed by atoms with Gasteiger partial charge in [0.1, 0.15) is 12.0 Å². The number of hydrogen-bond acceptors (Lipinski definition) is 3. The first kappa shape index (κ1) is 15.7. The van der Waals surface area contributed by atoms with Crippen molar-refractivity contribution in [1.29, 1.82) is 0 Å². The number of aromatic nitrogens is 1. The van der Waals surface area contributed by atoms with Gasteiger partial charge in [0.05, 0.1) is 5.52 Å². The third-order valence-corrected chi connectivity index (χ3v) is 7.06. The van der Waals surface area contributed by atoms with E-state index in [0.29, 0.717) is 17.7 Å². The molecule has 4 heterocycles. The lowest BCUT2D eigenvalue weighted by atomic mass is 9.65. The van der Waals surface area contributed by atoms with Crippen molar-refractivity contribution >= 4 is 10.9 Å². The number of aromatic hydroxyl groups is 1. The molecule has 0 amide bonds. The second-order valence-corrected chi connectivity index (χ2v) is 8.41. The minimum absolute atomic E-state index is 0.318. The normalized spacial score (nSPS) is 34.8. The van der Waals surface area contributed by atoms with E-state index in [2.05, 4.69) is 16.4 Å². The molecule has 25 heavy (non-hydrogen) atoms. The smallest absolute Gasteiger partial charge is 0.128 e. The van der Waals surface area contributed by atoms with Crippen molar-refractivity contribution in [2.45, 2.75) is 57.7 Å². The summed E-state index contributed by atoms with van der Waals surface area (Å²) >= 11 is 0. The van der Waals surface area contributed by atoms with Crippen LogP contribution >= 0.6 is 0 Å². The highest BCUT2D eigenvalue weighted by Crippen LogP contribution is 2.52. The van der Waals surface area contributed by atoms with Crippen molar-refractivity contribution in [2.75, 3.05) is 13.1 Å². The molecule has 1 aromatic carbocycles. The van der Waals surface area contributed by atoms with Gasteiger partial charge in [-0.15, -0.1) is 0 Å². The topological polar surface area (TPSA) is 48.6 Å². The Morgan fingerprint density at radius 1 is 1.28 bits per heavy atom. The van der Waals surface area contributed by atoms with Crippen LogP contribution in [0, 0.1) is 11.8 Å². The van der Waals surface area contributed by atoms with Gasteiger partial charge in [-0.1, -0.05) is 13.3 Å². The van der Waals surface area contributed by atoms with Crippen LogP contribution in [0.1, 0.15) is 56.5 Å². The van der Waals surface area contributed by atoms with Crippen LogP contribution in [0.4, 0.5) is 0 Å². The van der Waals surface area contributed by atoms with E-state index in [9.17, 15) is 10.2 Å². The summed E-state index contributed by atoms with van der Waals surface area (Å²) in [6.45, 7) is 6.56. The van der Waals surface area contributed by atoms with Crippen molar-refractivity contribution in [1.82, 2.24) is 9.47 Å². The van der Waals surface area contributed by atoms with Gasteiger partial charge in [0.2, 0.25) is 0 Å². The van der Waals surface area contributed by atoms with Crippen LogP contribution in [0.15, 0.2) is 18.2 Å². The minimum Gasteiger partial charge on any atom is -0.508 e. The van der Waals surface area contributed by atoms with Crippen LogP contribution < -0.4 is 0 Å². The number of hydrogen-bond donors (Lipinski definition) is 2. The maximum absolute atomic E-state index is 10.6. The van der Waals surface area contributed by atoms with Gasteiger partial charge in [-0.05, 0) is 61.8 Å². The summed E-state index contributed by atoms with van der Waals surface area (Å²) in [7, 11) is 0. The Hall–Kier alpha value is -1.52. The van der Waals surface area contributed by atoms with Crippen LogP contribution in [0.3, 0.4) is 0 Å². The van der Waals surface area contributed by atoms with Crippen LogP contribution in [0.2, 0.25) is 0 Å². The van der Waals surface area contributed by atoms with E-state index in [1.54, 1.807) is 6.07 Å². The molecule has 0 radical (unpaired) electrons. The molecular weight excluding hydrogens is 312 g/mol. The zero-order chi connectivity index (χ0) is 17.3. The Morgan fingerprint density at radius 3 is 2.88 bits per heavy atom. The molecule has 3 aliphatic heterocycles. The van der Waals surface area contributed by atoms with E-state index in [1.807, 2.05) is 19.1 Å². The zero-order valence-electron chi connectivity index (χ0n) is 15.2. The summed E-state index contributed by atoms with van der Waals surface area (Å²) in [6, 6.07) is 6.23. The fourth-order valence-corrected chi connectivity index (χ4v) is 6.28. The number of benzene rings is 1. The highest BCUT2D eigenvalue weighted by molar-refractivity contribution is 5.87. The Kier molecular flexibility index (Phi) is 3.45. The molecule has 1 saturated carbocycles. The SMILES string of the molecule is CC[C@H]1C[C@H]2C[C@H]3c4c(c5cc(O)ccc5n4C(C)O)CCN(C2)C13. The molecule has 2 N–H and O–H groups in total. The Balaban J connectivity index is 1.77. The predicted molar refractivity (Wildman–Crippen MR) is 98.8 cm³/mol. The fourth-order valence-electron chi connectivity index (χ4n) is 6.28. The van der Waals surface area contributed by atoms with Crippen molar-refractivity contribution < 1.29 is 10.2 Å². The highest BCUT2D eigenvalue weighted by atomic mass is 16.3. The van der Waals surface area contributed by atoms with Crippen molar-refractivity contribution in [3.63, 3.8) is 0 Å². The number of rotatable bonds is 2. The maximum Gasteiger partial charge on any atom is 0.128 e. The molecule has 2 saturated heterocycles. The monoisotopic (exact) mass is 340 g/mol. The van der Waals surface area contributed by atoms with Gasteiger partial charge >= 0.3 is 0 Å². The first-order valence-electron chi connectivity index (χ1n) is 9.86. The summed E-state index contributed by atoms with van der Waals surface area (Å²) in [5, 5.41) is 21.8. The van der Waals surface area contributed by atoms with Gasteiger partial charge < -0.3 is 14.8 Å². The van der Waals surface area contributed by atoms with Gasteiger partial charge in [-0.3, -0.25) is 4.90 Å². The zero-order valence-corrected chi connectivity index (χ0v) is 15.2. The summed E-state index contributed by atoms with van der Waals surface area (Å²) in [5.74, 6) is 2.40. The van der Waals surface area contributed by atoms with Crippen molar-refractivity contribution in [3.05, 3.63) is 29.5 Å². The van der Waals surface area contributed by atoms with Crippen LogP contribution in [0.5, 0.6) is 5.75 Å². The van der Waals surface area contributed by atoms with Crippen LogP contribution in [-0.4, -0.2) is 38.8 Å². The van der Waals surface area contributed by atoms with Crippen LogP contribution in [-0.2, 0) is 6.42 Å². The van der Waals surface area contributed by atoms with Gasteiger partial charge in [-0.25, -0.2) is 0 Å². The molecule has 0 spiro atoms. The molecule has 1 aromatic heterocycles. The number of nitrogens with zero attached hydrogens (tertiary/aromatic N) is 2. The minimum atomic E-state index is -0.539. The van der Waals surface area contributed by atoms with Crippen molar-refractivity contribution in [2.24, 2.45) is 11.8 Å². The average Bonchev–Trinajstić information content (AvgIpc) is 2.87. The fraction of sp³-hybridized carbons (Fsp3) is 0.619. The molecule has 6 atom stereocenters. The first-order chi connectivity index (χ1) is 12.1. The third-order valence-electron chi connectivity index (χ3n) is 7.06. The lowest BCUT2D eigenvalue weighted by Gasteiger charge is -2.53. The van der Waals surface area contributed by atoms with Gasteiger partial charge in [0.15, 0.2) is 0 Å². The number of piperidine rings is 2. The maximum atomic E-state index is 10.6. The number of phenols is 1. The van der Waals surface area contributed by atoms with E-state index in [0.717, 1.165) is 35.7 Å². The number of fused-ring (bicyclic) bond motifs is 4. The predicted octanol–water partition coefficient (Wildman–Crippen LogP) is 3.62. The molecule has 2 aromatic rings. The van der Waals surface area contributed by atoms with E-state index in [-0.39, 0.29) is 0 Å². The molecular formula is C21H28N2O2. The molecule has 6 rings (SSSR count). The van der Waals surface area contributed by atoms with E-state index >= 15 is 0 Å². The molecule has 4 nitrogen and oxygen atoms in total. The highest BCUT2D eigenvalue weighted by Gasteiger charge is 2.49. The van der Waals surface area contributed by atoms with Crippen molar-refractivity contribution in [3.8, 4) is 5.75 Å². The molecule has 4 aliphatic rings. The average molecular weight is 340 g/mol. The van der Waals surface area contributed by atoms with Gasteiger partial charge in [0.25, 0.3) is 0 Å². The van der Waals surface area contributed by atoms with E-state index < -0.39 is 6.23 Å². The van der Waals surface area contributed by atoms with Crippen LogP contribution in [0.25, 0.3) is 10.9 Å². The Morgan fingerprint density at radius 2 is 2.12 bits per heavy atom. The third kappa shape index (κ3) is 2.13. The molecule has 3 unspecified atom stereocenters. The summed E-state index contributed by atoms with van der Waals surface area (Å²) < 4.78 is 2.16. The molecule has 4 bridgehead atoms. The quantitative estimate of drug-likeness (QED) is 0.878. The Labute approximate surface area is 149 Å². The Bertz CT molecular complexity index is 825. The van der Waals surface area contributed by atoms with Gasteiger partial charge in [-0.2, -0.15) is 0 Å². The molecule has 4 heteroatoms. The van der Waals surface area contributed by atoms with E-state index in [1.165, 1.54) is 37.1 Å². The van der Waals surface area contributed by atoms with E-state index in [4.69, 9.17) is 0 Å². The van der Waals surface area contributed by atoms with Gasteiger partial charge in [0, 0.05) is 36.1 Å². The standard InChI is InChI=1S/C21H28N2O2/c1-3-14-8-13-9-18-20(14)22(11-13)7-6-16-17-10-15(25)4-5-19(17)23(12(2)24)21(16)18/h4-5,10,12-14,18,20,24-25H,3,6-9,11H2,1-2H3/t12?,13-,14-,18+,20?/m0/s1. The summed E-state index contributed by atoms with van der Waals surface area (Å²) in [4.78, 5) is 2.73. The second kappa shape index (κ2) is 5.49. The summed E-state index contributed by atoms with van der Waals surface area (Å²) in [6.07, 6.45) is 4.35. The summed E-state index contributed by atoms with van der Waals surface area (Å²) in [5.41, 5.74) is 3.79. The molecule has 134 valence electrons. The molecule has 3 fully saturated rings.